The van der Waals surface area contributed by atoms with Gasteiger partial charge in [-0.1, -0.05) is 6.07 Å². The van der Waals surface area contributed by atoms with Crippen LogP contribution in [-0.4, -0.2) is 17.1 Å². The van der Waals surface area contributed by atoms with E-state index in [1.165, 1.54) is 5.56 Å². The summed E-state index contributed by atoms with van der Waals surface area (Å²) in [5.74, 6) is 0.967. The Morgan fingerprint density at radius 3 is 2.86 bits per heavy atom. The fraction of sp³-hybridized carbons (Fsp3) is 0.545. The summed E-state index contributed by atoms with van der Waals surface area (Å²) in [5.41, 5.74) is 7.04. The number of aromatic nitrogens is 1. The number of pyridine rings is 1. The second-order valence-electron chi connectivity index (χ2n) is 4.14. The molecule has 2 rings (SSSR count). The van der Waals surface area contributed by atoms with Gasteiger partial charge in [0, 0.05) is 18.3 Å². The maximum absolute atomic E-state index is 5.84. The maximum Gasteiger partial charge on any atom is 0.126 e. The first-order chi connectivity index (χ1) is 6.74. The lowest BCUT2D eigenvalue weighted by Crippen LogP contribution is -2.21. The topological polar surface area (TPSA) is 50.9 Å². The molecule has 0 amide bonds. The van der Waals surface area contributed by atoms with E-state index in [0.29, 0.717) is 12.1 Å². The Labute approximate surface area is 84.7 Å². The molecule has 1 aliphatic carbocycles. The highest BCUT2D eigenvalue weighted by atomic mass is 15.0. The zero-order chi connectivity index (χ0) is 9.97. The van der Waals surface area contributed by atoms with Crippen molar-refractivity contribution in [3.8, 4) is 0 Å². The van der Waals surface area contributed by atoms with E-state index in [0.717, 1.165) is 25.1 Å². The van der Waals surface area contributed by atoms with E-state index in [2.05, 4.69) is 16.4 Å². The van der Waals surface area contributed by atoms with Crippen molar-refractivity contribution < 1.29 is 0 Å². The third-order valence-corrected chi connectivity index (χ3v) is 2.74. The maximum atomic E-state index is 5.84. The van der Waals surface area contributed by atoms with Crippen molar-refractivity contribution in [1.29, 1.82) is 0 Å². The zero-order valence-corrected chi connectivity index (χ0v) is 8.53. The van der Waals surface area contributed by atoms with Crippen LogP contribution in [0.3, 0.4) is 0 Å². The van der Waals surface area contributed by atoms with E-state index in [1.54, 1.807) is 0 Å². The molecule has 0 bridgehead atoms. The molecule has 3 heteroatoms. The number of rotatable bonds is 2. The Hall–Kier alpha value is -1.09. The molecule has 1 aromatic rings. The number of nitrogens with two attached hydrogens (primary N) is 1. The van der Waals surface area contributed by atoms with Crippen LogP contribution in [-0.2, 0) is 0 Å². The van der Waals surface area contributed by atoms with E-state index in [9.17, 15) is 0 Å². The van der Waals surface area contributed by atoms with Gasteiger partial charge in [0.1, 0.15) is 5.82 Å². The molecule has 3 N–H and O–H groups in total. The highest BCUT2D eigenvalue weighted by Crippen LogP contribution is 2.20. The smallest absolute Gasteiger partial charge is 0.126 e. The van der Waals surface area contributed by atoms with Gasteiger partial charge in [0.25, 0.3) is 0 Å². The quantitative estimate of drug-likeness (QED) is 0.747. The molecule has 76 valence electrons. The molecule has 14 heavy (non-hydrogen) atoms. The highest BCUT2D eigenvalue weighted by molar-refractivity contribution is 5.36. The molecule has 1 aromatic heterocycles. The molecule has 0 saturated heterocycles. The minimum absolute atomic E-state index is 0.373. The van der Waals surface area contributed by atoms with Crippen molar-refractivity contribution in [3.63, 3.8) is 0 Å². The van der Waals surface area contributed by atoms with E-state index in [-0.39, 0.29) is 0 Å². The van der Waals surface area contributed by atoms with Gasteiger partial charge in [-0.25, -0.2) is 4.98 Å². The first-order valence-electron chi connectivity index (χ1n) is 5.19. The van der Waals surface area contributed by atoms with Gasteiger partial charge in [-0.3, -0.25) is 0 Å². The van der Waals surface area contributed by atoms with Crippen molar-refractivity contribution in [1.82, 2.24) is 4.98 Å². The summed E-state index contributed by atoms with van der Waals surface area (Å²) in [7, 11) is 0. The largest absolute Gasteiger partial charge is 0.367 e. The molecule has 3 nitrogen and oxygen atoms in total. The van der Waals surface area contributed by atoms with E-state index in [1.807, 2.05) is 19.2 Å². The third kappa shape index (κ3) is 2.23. The predicted molar refractivity (Wildman–Crippen MR) is 58.2 cm³/mol. The first kappa shape index (κ1) is 9.46. The lowest BCUT2D eigenvalue weighted by atomic mass is 10.2. The summed E-state index contributed by atoms with van der Waals surface area (Å²) in [4.78, 5) is 4.31. The second kappa shape index (κ2) is 3.96. The lowest BCUT2D eigenvalue weighted by Gasteiger charge is -2.12. The van der Waals surface area contributed by atoms with E-state index in [4.69, 9.17) is 5.73 Å². The molecule has 0 aromatic carbocycles. The van der Waals surface area contributed by atoms with Crippen LogP contribution < -0.4 is 11.1 Å². The van der Waals surface area contributed by atoms with Gasteiger partial charge in [0.2, 0.25) is 0 Å². The lowest BCUT2D eigenvalue weighted by molar-refractivity contribution is 0.686. The normalized spacial score (nSPS) is 26.4. The monoisotopic (exact) mass is 191 g/mol. The van der Waals surface area contributed by atoms with E-state index >= 15 is 0 Å². The molecule has 0 radical (unpaired) electrons. The van der Waals surface area contributed by atoms with Crippen molar-refractivity contribution in [3.05, 3.63) is 23.9 Å². The minimum Gasteiger partial charge on any atom is -0.367 e. The molecular weight excluding hydrogens is 174 g/mol. The number of aryl methyl sites for hydroxylation is 1. The fourth-order valence-corrected chi connectivity index (χ4v) is 1.91. The summed E-state index contributed by atoms with van der Waals surface area (Å²) in [5, 5.41) is 3.41. The van der Waals surface area contributed by atoms with Crippen molar-refractivity contribution >= 4 is 5.82 Å². The molecule has 2 atom stereocenters. The van der Waals surface area contributed by atoms with Crippen LogP contribution in [0.1, 0.15) is 24.8 Å². The molecule has 1 aliphatic rings. The summed E-state index contributed by atoms with van der Waals surface area (Å²) in [6.45, 7) is 2.04. The Morgan fingerprint density at radius 2 is 2.29 bits per heavy atom. The predicted octanol–water partition coefficient (Wildman–Crippen LogP) is 1.68. The van der Waals surface area contributed by atoms with Crippen LogP contribution in [0.25, 0.3) is 0 Å². The Morgan fingerprint density at radius 1 is 1.43 bits per heavy atom. The number of hydrogen-bond acceptors (Lipinski definition) is 3. The zero-order valence-electron chi connectivity index (χ0n) is 8.53. The van der Waals surface area contributed by atoms with Gasteiger partial charge in [0.05, 0.1) is 0 Å². The van der Waals surface area contributed by atoms with Gasteiger partial charge < -0.3 is 11.1 Å². The average molecular weight is 191 g/mol. The average Bonchev–Trinajstić information content (AvgIpc) is 2.56. The second-order valence-corrected chi connectivity index (χ2v) is 4.14. The van der Waals surface area contributed by atoms with Crippen LogP contribution in [0.15, 0.2) is 18.3 Å². The number of hydrogen-bond donors (Lipinski definition) is 2. The molecule has 1 saturated carbocycles. The number of nitrogens with zero attached hydrogens (tertiary/aromatic N) is 1. The Balaban J connectivity index is 1.94. The van der Waals surface area contributed by atoms with E-state index < -0.39 is 0 Å². The Bertz CT molecular complexity index is 294. The van der Waals surface area contributed by atoms with Crippen molar-refractivity contribution in [2.45, 2.75) is 38.3 Å². The molecule has 0 spiro atoms. The number of anilines is 1. The van der Waals surface area contributed by atoms with Gasteiger partial charge in [0.15, 0.2) is 0 Å². The highest BCUT2D eigenvalue weighted by Gasteiger charge is 2.21. The van der Waals surface area contributed by atoms with Crippen LogP contribution >= 0.6 is 0 Å². The molecule has 1 heterocycles. The molecule has 0 unspecified atom stereocenters. The van der Waals surface area contributed by atoms with Gasteiger partial charge >= 0.3 is 0 Å². The first-order valence-corrected chi connectivity index (χ1v) is 5.19. The molecule has 0 aliphatic heterocycles. The summed E-state index contributed by atoms with van der Waals surface area (Å²) >= 11 is 0. The van der Waals surface area contributed by atoms with Gasteiger partial charge in [-0.2, -0.15) is 0 Å². The van der Waals surface area contributed by atoms with Gasteiger partial charge in [-0.05, 0) is 37.8 Å². The fourth-order valence-electron chi connectivity index (χ4n) is 1.91. The molecule has 1 fully saturated rings. The van der Waals surface area contributed by atoms with Crippen LogP contribution in [0.5, 0.6) is 0 Å². The summed E-state index contributed by atoms with van der Waals surface area (Å²) < 4.78 is 0. The van der Waals surface area contributed by atoms with Gasteiger partial charge in [-0.15, -0.1) is 0 Å². The third-order valence-electron chi connectivity index (χ3n) is 2.74. The standard InChI is InChI=1S/C11H17N3/c1-8-2-5-11(13-7-8)14-10-4-3-9(12)6-10/h2,5,7,9-10H,3-4,6,12H2,1H3,(H,13,14)/t9-,10-/m0/s1. The minimum atomic E-state index is 0.373. The SMILES string of the molecule is Cc1ccc(N[C@H]2CC[C@H](N)C2)nc1. The Kier molecular flexibility index (Phi) is 2.68. The summed E-state index contributed by atoms with van der Waals surface area (Å²) in [6, 6.07) is 4.99. The molecular formula is C11H17N3. The van der Waals surface area contributed by atoms with Crippen LogP contribution in [0.4, 0.5) is 5.82 Å². The van der Waals surface area contributed by atoms with Crippen molar-refractivity contribution in [2.24, 2.45) is 5.73 Å². The summed E-state index contributed by atoms with van der Waals surface area (Å²) in [6.07, 6.45) is 5.24. The van der Waals surface area contributed by atoms with Crippen LogP contribution in [0.2, 0.25) is 0 Å². The number of nitrogens with one attached hydrogen (secondary N) is 1. The van der Waals surface area contributed by atoms with Crippen molar-refractivity contribution in [2.75, 3.05) is 5.32 Å². The van der Waals surface area contributed by atoms with Crippen LogP contribution in [0, 0.1) is 6.92 Å².